The molecule has 21 heavy (non-hydrogen) atoms. The van der Waals surface area contributed by atoms with Crippen LogP contribution in [0, 0.1) is 11.6 Å². The van der Waals surface area contributed by atoms with Crippen LogP contribution in [0.3, 0.4) is 0 Å². The molecule has 0 radical (unpaired) electrons. The van der Waals surface area contributed by atoms with Gasteiger partial charge in [-0.3, -0.25) is 4.79 Å². The van der Waals surface area contributed by atoms with Crippen LogP contribution in [-0.2, 0) is 9.53 Å². The average Bonchev–Trinajstić information content (AvgIpc) is 2.50. The molecule has 0 spiro atoms. The monoisotopic (exact) mass is 292 g/mol. The molecule has 1 atom stereocenters. The van der Waals surface area contributed by atoms with Crippen molar-refractivity contribution in [3.8, 4) is 5.75 Å². The van der Waals surface area contributed by atoms with Crippen molar-refractivity contribution in [2.24, 2.45) is 0 Å². The lowest BCUT2D eigenvalue weighted by atomic mass is 9.99. The molecule has 1 unspecified atom stereocenters. The van der Waals surface area contributed by atoms with Crippen molar-refractivity contribution >= 4 is 5.97 Å². The summed E-state index contributed by atoms with van der Waals surface area (Å²) in [6.07, 6.45) is 0. The number of esters is 1. The van der Waals surface area contributed by atoms with Crippen LogP contribution in [0.1, 0.15) is 11.5 Å². The molecule has 0 N–H and O–H groups in total. The maximum Gasteiger partial charge on any atom is 0.316 e. The predicted molar refractivity (Wildman–Crippen MR) is 73.1 cm³/mol. The first kappa shape index (κ1) is 15.0. The number of benzene rings is 2. The quantitative estimate of drug-likeness (QED) is 0.793. The van der Waals surface area contributed by atoms with E-state index in [4.69, 9.17) is 4.74 Å². The van der Waals surface area contributed by atoms with E-state index in [-0.39, 0.29) is 17.9 Å². The maximum atomic E-state index is 13.8. The molecule has 0 aliphatic heterocycles. The van der Waals surface area contributed by atoms with Gasteiger partial charge in [0.15, 0.2) is 11.6 Å². The molecule has 0 fully saturated rings. The molecule has 0 heterocycles. The molecule has 0 aliphatic rings. The molecule has 2 aromatic rings. The van der Waals surface area contributed by atoms with Crippen molar-refractivity contribution in [1.29, 1.82) is 0 Å². The van der Waals surface area contributed by atoms with Crippen LogP contribution in [0.4, 0.5) is 8.78 Å². The Bertz CT molecular complexity index is 628. The number of methoxy groups -OCH3 is 1. The molecular formula is C16H14F2O3. The van der Waals surface area contributed by atoms with E-state index >= 15 is 0 Å². The van der Waals surface area contributed by atoms with E-state index in [1.54, 1.807) is 12.1 Å². The third kappa shape index (κ3) is 3.56. The van der Waals surface area contributed by atoms with Gasteiger partial charge >= 0.3 is 5.97 Å². The summed E-state index contributed by atoms with van der Waals surface area (Å²) in [4.78, 5) is 11.8. The summed E-state index contributed by atoms with van der Waals surface area (Å²) in [5, 5.41) is 0. The minimum Gasteiger partial charge on any atom is -0.489 e. The zero-order chi connectivity index (χ0) is 15.2. The summed E-state index contributed by atoms with van der Waals surface area (Å²) >= 11 is 0. The molecule has 0 saturated heterocycles. The lowest BCUT2D eigenvalue weighted by Crippen LogP contribution is -2.22. The molecule has 0 aromatic heterocycles. The van der Waals surface area contributed by atoms with Gasteiger partial charge in [-0.2, -0.15) is 0 Å². The Hall–Kier alpha value is -2.43. The van der Waals surface area contributed by atoms with E-state index in [2.05, 4.69) is 4.74 Å². The number of para-hydroxylation sites is 1. The van der Waals surface area contributed by atoms with Crippen LogP contribution in [0.25, 0.3) is 0 Å². The highest BCUT2D eigenvalue weighted by Crippen LogP contribution is 2.23. The van der Waals surface area contributed by atoms with Crippen LogP contribution in [0.2, 0.25) is 0 Å². The highest BCUT2D eigenvalue weighted by Gasteiger charge is 2.25. The maximum absolute atomic E-state index is 13.8. The molecule has 5 heteroatoms. The molecule has 2 aromatic carbocycles. The van der Waals surface area contributed by atoms with Crippen LogP contribution < -0.4 is 4.74 Å². The molecule has 2 rings (SSSR count). The minimum absolute atomic E-state index is 0.00254. The number of halogens is 2. The summed E-state index contributed by atoms with van der Waals surface area (Å²) in [5.41, 5.74) is 0.153. The van der Waals surface area contributed by atoms with E-state index in [9.17, 15) is 13.6 Å². The Morgan fingerprint density at radius 3 is 2.29 bits per heavy atom. The number of hydrogen-bond acceptors (Lipinski definition) is 3. The van der Waals surface area contributed by atoms with Gasteiger partial charge in [0.25, 0.3) is 0 Å². The van der Waals surface area contributed by atoms with Gasteiger partial charge < -0.3 is 9.47 Å². The standard InChI is InChI=1S/C16H14F2O3/c1-20-16(19)12(11-6-2-3-7-13(11)17)10-21-15-9-5-4-8-14(15)18/h2-9,12H,10H2,1H3. The van der Waals surface area contributed by atoms with Gasteiger partial charge in [-0.15, -0.1) is 0 Å². The Labute approximate surface area is 121 Å². The first-order valence-corrected chi connectivity index (χ1v) is 6.33. The summed E-state index contributed by atoms with van der Waals surface area (Å²) in [5.74, 6) is -2.69. The lowest BCUT2D eigenvalue weighted by Gasteiger charge is -2.16. The van der Waals surface area contributed by atoms with Gasteiger partial charge in [0.05, 0.1) is 7.11 Å². The van der Waals surface area contributed by atoms with Gasteiger partial charge in [0.1, 0.15) is 18.3 Å². The number of carbonyl (C=O) groups is 1. The van der Waals surface area contributed by atoms with Crippen LogP contribution in [0.15, 0.2) is 48.5 Å². The van der Waals surface area contributed by atoms with Crippen LogP contribution in [-0.4, -0.2) is 19.7 Å². The van der Waals surface area contributed by atoms with Crippen LogP contribution in [0.5, 0.6) is 5.75 Å². The van der Waals surface area contributed by atoms with Gasteiger partial charge in [-0.05, 0) is 18.2 Å². The largest absolute Gasteiger partial charge is 0.489 e. The number of hydrogen-bond donors (Lipinski definition) is 0. The zero-order valence-electron chi connectivity index (χ0n) is 11.4. The molecule has 0 bridgehead atoms. The van der Waals surface area contributed by atoms with E-state index in [0.29, 0.717) is 0 Å². The fourth-order valence-electron chi connectivity index (χ4n) is 1.92. The normalized spacial score (nSPS) is 11.8. The van der Waals surface area contributed by atoms with E-state index < -0.39 is 23.5 Å². The minimum atomic E-state index is -0.962. The Morgan fingerprint density at radius 2 is 1.67 bits per heavy atom. The van der Waals surface area contributed by atoms with Gasteiger partial charge in [0, 0.05) is 5.56 Å². The molecule has 3 nitrogen and oxygen atoms in total. The first-order chi connectivity index (χ1) is 10.1. The van der Waals surface area contributed by atoms with E-state index in [1.165, 1.54) is 43.5 Å². The molecule has 0 saturated carbocycles. The summed E-state index contributed by atoms with van der Waals surface area (Å²) in [6, 6.07) is 11.7. The molecule has 0 aliphatic carbocycles. The summed E-state index contributed by atoms with van der Waals surface area (Å²) in [7, 11) is 1.21. The molecule has 0 amide bonds. The Morgan fingerprint density at radius 1 is 1.05 bits per heavy atom. The number of rotatable bonds is 5. The van der Waals surface area contributed by atoms with Crippen molar-refractivity contribution < 1.29 is 23.0 Å². The van der Waals surface area contributed by atoms with Gasteiger partial charge in [-0.1, -0.05) is 30.3 Å². The molecular weight excluding hydrogens is 278 g/mol. The summed E-state index contributed by atoms with van der Waals surface area (Å²) in [6.45, 7) is -0.214. The zero-order valence-corrected chi connectivity index (χ0v) is 11.4. The Kier molecular flexibility index (Phi) is 4.87. The van der Waals surface area contributed by atoms with Crippen LogP contribution >= 0.6 is 0 Å². The average molecular weight is 292 g/mol. The second-order valence-corrected chi connectivity index (χ2v) is 4.34. The smallest absolute Gasteiger partial charge is 0.316 e. The van der Waals surface area contributed by atoms with E-state index in [0.717, 1.165) is 0 Å². The summed E-state index contributed by atoms with van der Waals surface area (Å²) < 4.78 is 37.2. The van der Waals surface area contributed by atoms with Crippen molar-refractivity contribution in [2.45, 2.75) is 5.92 Å². The van der Waals surface area contributed by atoms with Crippen molar-refractivity contribution in [3.63, 3.8) is 0 Å². The van der Waals surface area contributed by atoms with Crippen molar-refractivity contribution in [1.82, 2.24) is 0 Å². The fraction of sp³-hybridized carbons (Fsp3) is 0.188. The predicted octanol–water partition coefficient (Wildman–Crippen LogP) is 3.30. The highest BCUT2D eigenvalue weighted by molar-refractivity contribution is 5.78. The third-order valence-corrected chi connectivity index (χ3v) is 3.01. The second kappa shape index (κ2) is 6.83. The lowest BCUT2D eigenvalue weighted by molar-refractivity contribution is -0.143. The molecule has 110 valence electrons. The number of ether oxygens (including phenoxy) is 2. The SMILES string of the molecule is COC(=O)C(COc1ccccc1F)c1ccccc1F. The number of carbonyl (C=O) groups excluding carboxylic acids is 1. The second-order valence-electron chi connectivity index (χ2n) is 4.34. The first-order valence-electron chi connectivity index (χ1n) is 6.33. The highest BCUT2D eigenvalue weighted by atomic mass is 19.1. The van der Waals surface area contributed by atoms with Gasteiger partial charge in [-0.25, -0.2) is 8.78 Å². The van der Waals surface area contributed by atoms with E-state index in [1.807, 2.05) is 0 Å². The third-order valence-electron chi connectivity index (χ3n) is 3.01. The van der Waals surface area contributed by atoms with Crippen molar-refractivity contribution in [3.05, 3.63) is 65.7 Å². The van der Waals surface area contributed by atoms with Crippen molar-refractivity contribution in [2.75, 3.05) is 13.7 Å². The van der Waals surface area contributed by atoms with Gasteiger partial charge in [0.2, 0.25) is 0 Å². The topological polar surface area (TPSA) is 35.5 Å². The fourth-order valence-corrected chi connectivity index (χ4v) is 1.92. The Balaban J connectivity index is 2.21.